The number of nitrogens with zero attached hydrogens (tertiary/aromatic N) is 4. The van der Waals surface area contributed by atoms with Gasteiger partial charge >= 0.3 is 0 Å². The maximum Gasteiger partial charge on any atom is 0.231 e. The summed E-state index contributed by atoms with van der Waals surface area (Å²) in [6, 6.07) is 0. The molecule has 3 heterocycles. The molecule has 1 aliphatic heterocycles. The molecule has 7 nitrogen and oxygen atoms in total. The fourth-order valence-corrected chi connectivity index (χ4v) is 3.07. The lowest BCUT2D eigenvalue weighted by atomic mass is 10.1. The maximum atomic E-state index is 12.6. The summed E-state index contributed by atoms with van der Waals surface area (Å²) in [5.74, 6) is 2.33. The van der Waals surface area contributed by atoms with Crippen LogP contribution in [0.2, 0.25) is 0 Å². The smallest absolute Gasteiger partial charge is 0.231 e. The van der Waals surface area contributed by atoms with Crippen LogP contribution in [0.25, 0.3) is 0 Å². The number of amides is 1. The van der Waals surface area contributed by atoms with E-state index in [-0.39, 0.29) is 11.8 Å². The lowest BCUT2D eigenvalue weighted by Gasteiger charge is -2.16. The minimum atomic E-state index is 0.108. The van der Waals surface area contributed by atoms with Crippen molar-refractivity contribution in [2.24, 2.45) is 0 Å². The van der Waals surface area contributed by atoms with Gasteiger partial charge in [-0.2, -0.15) is 4.98 Å². The lowest BCUT2D eigenvalue weighted by Crippen LogP contribution is -2.30. The Balaban J connectivity index is 1.67. The molecular weight excluding hydrogens is 296 g/mol. The molecule has 2 aromatic rings. The molecule has 0 N–H and O–H groups in total. The van der Waals surface area contributed by atoms with E-state index in [9.17, 15) is 4.79 Å². The molecule has 7 heteroatoms. The van der Waals surface area contributed by atoms with E-state index >= 15 is 0 Å². The van der Waals surface area contributed by atoms with Crippen molar-refractivity contribution in [1.29, 1.82) is 0 Å². The molecule has 124 valence electrons. The Morgan fingerprint density at radius 1 is 1.26 bits per heavy atom. The second-order valence-corrected chi connectivity index (χ2v) is 5.92. The van der Waals surface area contributed by atoms with Gasteiger partial charge in [0.25, 0.3) is 0 Å². The normalized spacial score (nSPS) is 17.9. The predicted molar refractivity (Wildman–Crippen MR) is 81.9 cm³/mol. The Morgan fingerprint density at radius 3 is 2.74 bits per heavy atom. The number of rotatable bonds is 5. The number of hydrogen-bond donors (Lipinski definition) is 0. The average Bonchev–Trinajstić information content (AvgIpc) is 3.25. The second-order valence-electron chi connectivity index (χ2n) is 5.92. The van der Waals surface area contributed by atoms with Crippen molar-refractivity contribution in [2.75, 3.05) is 13.1 Å². The number of hydrogen-bond acceptors (Lipinski definition) is 6. The lowest BCUT2D eigenvalue weighted by molar-refractivity contribution is -0.129. The van der Waals surface area contributed by atoms with Crippen molar-refractivity contribution in [3.8, 4) is 0 Å². The summed E-state index contributed by atoms with van der Waals surface area (Å²) in [4.78, 5) is 18.8. The maximum absolute atomic E-state index is 12.6. The van der Waals surface area contributed by atoms with E-state index in [1.165, 1.54) is 0 Å². The summed E-state index contributed by atoms with van der Waals surface area (Å²) in [7, 11) is 0. The molecule has 1 amide bonds. The van der Waals surface area contributed by atoms with Crippen LogP contribution in [-0.4, -0.2) is 39.2 Å². The zero-order valence-corrected chi connectivity index (χ0v) is 13.8. The van der Waals surface area contributed by atoms with E-state index in [2.05, 4.69) is 15.3 Å². The molecule has 3 rings (SSSR count). The monoisotopic (exact) mass is 318 g/mol. The standard InChI is InChI=1S/C16H22N4O3/c1-4-13-12(14(5-2)22-19-13)8-15(21)20-7-6-11(9-20)16-17-10(3)18-23-16/h11H,4-9H2,1-3H3. The summed E-state index contributed by atoms with van der Waals surface area (Å²) in [5, 5.41) is 7.90. The number of likely N-dealkylation sites (tertiary alicyclic amines) is 1. The first-order valence-electron chi connectivity index (χ1n) is 8.16. The molecule has 2 aromatic heterocycles. The van der Waals surface area contributed by atoms with Crippen molar-refractivity contribution >= 4 is 5.91 Å². The Hall–Kier alpha value is -2.18. The third kappa shape index (κ3) is 3.13. The summed E-state index contributed by atoms with van der Waals surface area (Å²) >= 11 is 0. The Bertz CT molecular complexity index is 670. The average molecular weight is 318 g/mol. The summed E-state index contributed by atoms with van der Waals surface area (Å²) < 4.78 is 10.6. The predicted octanol–water partition coefficient (Wildman–Crippen LogP) is 2.05. The van der Waals surface area contributed by atoms with Crippen LogP contribution in [0.3, 0.4) is 0 Å². The van der Waals surface area contributed by atoms with Crippen LogP contribution in [0.15, 0.2) is 9.05 Å². The zero-order chi connectivity index (χ0) is 16.4. The zero-order valence-electron chi connectivity index (χ0n) is 13.8. The molecule has 1 aliphatic rings. The molecule has 1 unspecified atom stereocenters. The van der Waals surface area contributed by atoms with Crippen molar-refractivity contribution < 1.29 is 13.8 Å². The highest BCUT2D eigenvalue weighted by atomic mass is 16.5. The minimum absolute atomic E-state index is 0.108. The van der Waals surface area contributed by atoms with Crippen LogP contribution in [0.1, 0.15) is 54.9 Å². The molecule has 0 aromatic carbocycles. The molecule has 23 heavy (non-hydrogen) atoms. The Kier molecular flexibility index (Phi) is 4.45. The van der Waals surface area contributed by atoms with Gasteiger partial charge in [0, 0.05) is 25.1 Å². The van der Waals surface area contributed by atoms with Crippen LogP contribution in [-0.2, 0) is 24.1 Å². The van der Waals surface area contributed by atoms with Gasteiger partial charge in [0.15, 0.2) is 5.82 Å². The van der Waals surface area contributed by atoms with Gasteiger partial charge in [-0.15, -0.1) is 0 Å². The third-order valence-electron chi connectivity index (χ3n) is 4.37. The van der Waals surface area contributed by atoms with Gasteiger partial charge in [0.05, 0.1) is 18.0 Å². The van der Waals surface area contributed by atoms with Crippen molar-refractivity contribution in [1.82, 2.24) is 20.2 Å². The van der Waals surface area contributed by atoms with Crippen molar-refractivity contribution in [3.63, 3.8) is 0 Å². The topological polar surface area (TPSA) is 85.3 Å². The van der Waals surface area contributed by atoms with Crippen LogP contribution in [0.5, 0.6) is 0 Å². The minimum Gasteiger partial charge on any atom is -0.361 e. The van der Waals surface area contributed by atoms with Gasteiger partial charge in [-0.05, 0) is 19.8 Å². The fraction of sp³-hybridized carbons (Fsp3) is 0.625. The number of aryl methyl sites for hydroxylation is 3. The van der Waals surface area contributed by atoms with Gasteiger partial charge < -0.3 is 13.9 Å². The first kappa shape index (κ1) is 15.7. The quantitative estimate of drug-likeness (QED) is 0.838. The highest BCUT2D eigenvalue weighted by Gasteiger charge is 2.31. The van der Waals surface area contributed by atoms with E-state index in [1.54, 1.807) is 6.92 Å². The third-order valence-corrected chi connectivity index (χ3v) is 4.37. The Labute approximate surface area is 135 Å². The number of carbonyl (C=O) groups excluding carboxylic acids is 1. The summed E-state index contributed by atoms with van der Waals surface area (Å²) in [6.45, 7) is 7.19. The molecule has 0 saturated carbocycles. The second kappa shape index (κ2) is 6.52. The largest absolute Gasteiger partial charge is 0.361 e. The van der Waals surface area contributed by atoms with Gasteiger partial charge in [0.1, 0.15) is 5.76 Å². The number of aromatic nitrogens is 3. The molecule has 1 atom stereocenters. The first-order chi connectivity index (χ1) is 11.1. The first-order valence-corrected chi connectivity index (χ1v) is 8.16. The highest BCUT2D eigenvalue weighted by Crippen LogP contribution is 2.27. The van der Waals surface area contributed by atoms with Crippen molar-refractivity contribution in [2.45, 2.75) is 52.4 Å². The number of carbonyl (C=O) groups is 1. The van der Waals surface area contributed by atoms with Crippen LogP contribution < -0.4 is 0 Å². The molecule has 1 saturated heterocycles. The van der Waals surface area contributed by atoms with E-state index in [0.29, 0.717) is 24.7 Å². The van der Waals surface area contributed by atoms with Gasteiger partial charge in [0.2, 0.25) is 11.8 Å². The van der Waals surface area contributed by atoms with Gasteiger partial charge in [-0.1, -0.05) is 24.2 Å². The molecule has 0 spiro atoms. The SMILES string of the molecule is CCc1noc(CC)c1CC(=O)N1CCC(c2nc(C)no2)C1. The van der Waals surface area contributed by atoms with E-state index < -0.39 is 0 Å². The molecule has 0 aliphatic carbocycles. The highest BCUT2D eigenvalue weighted by molar-refractivity contribution is 5.79. The molecular formula is C16H22N4O3. The van der Waals surface area contributed by atoms with Crippen LogP contribution >= 0.6 is 0 Å². The van der Waals surface area contributed by atoms with Crippen molar-refractivity contribution in [3.05, 3.63) is 28.7 Å². The van der Waals surface area contributed by atoms with Gasteiger partial charge in [-0.3, -0.25) is 4.79 Å². The molecule has 0 radical (unpaired) electrons. The fourth-order valence-electron chi connectivity index (χ4n) is 3.07. The summed E-state index contributed by atoms with van der Waals surface area (Å²) in [5.41, 5.74) is 1.84. The van der Waals surface area contributed by atoms with Gasteiger partial charge in [-0.25, -0.2) is 0 Å². The van der Waals surface area contributed by atoms with E-state index in [4.69, 9.17) is 9.05 Å². The Morgan fingerprint density at radius 2 is 2.09 bits per heavy atom. The van der Waals surface area contributed by atoms with Crippen LogP contribution in [0, 0.1) is 6.92 Å². The van der Waals surface area contributed by atoms with E-state index in [1.807, 2.05) is 18.7 Å². The molecule has 0 bridgehead atoms. The van der Waals surface area contributed by atoms with E-state index in [0.717, 1.165) is 42.8 Å². The molecule has 1 fully saturated rings. The van der Waals surface area contributed by atoms with Crippen LogP contribution in [0.4, 0.5) is 0 Å². The summed E-state index contributed by atoms with van der Waals surface area (Å²) in [6.07, 6.45) is 2.74.